The lowest BCUT2D eigenvalue weighted by molar-refractivity contribution is 0.331. The summed E-state index contributed by atoms with van der Waals surface area (Å²) in [6.45, 7) is 2.72. The minimum absolute atomic E-state index is 0.0305. The quantitative estimate of drug-likeness (QED) is 0.708. The first-order valence-corrected chi connectivity index (χ1v) is 7.87. The number of aromatic nitrogens is 3. The van der Waals surface area contributed by atoms with Crippen LogP contribution in [0.15, 0.2) is 35.5 Å². The number of nitrogen functional groups attached to an aromatic ring is 1. The molecule has 2 aromatic rings. The van der Waals surface area contributed by atoms with E-state index in [1.54, 1.807) is 25.3 Å². The predicted molar refractivity (Wildman–Crippen MR) is 77.2 cm³/mol. The van der Waals surface area contributed by atoms with Crippen molar-refractivity contribution in [3.63, 3.8) is 0 Å². The molecule has 0 saturated carbocycles. The van der Waals surface area contributed by atoms with Crippen molar-refractivity contribution >= 4 is 15.7 Å². The van der Waals surface area contributed by atoms with E-state index in [4.69, 9.17) is 10.5 Å². The van der Waals surface area contributed by atoms with Crippen molar-refractivity contribution in [2.24, 2.45) is 0 Å². The van der Waals surface area contributed by atoms with Gasteiger partial charge in [0.05, 0.1) is 19.3 Å². The third kappa shape index (κ3) is 3.92. The first-order valence-electron chi connectivity index (χ1n) is 6.39. The molecule has 0 bridgehead atoms. The molecule has 1 aromatic carbocycles. The van der Waals surface area contributed by atoms with E-state index in [-0.39, 0.29) is 17.2 Å². The highest BCUT2D eigenvalue weighted by Gasteiger charge is 2.19. The highest BCUT2D eigenvalue weighted by atomic mass is 32.2. The van der Waals surface area contributed by atoms with Crippen molar-refractivity contribution < 1.29 is 13.2 Å². The molecule has 0 aliphatic rings. The van der Waals surface area contributed by atoms with E-state index < -0.39 is 10.0 Å². The molecule has 0 unspecified atom stereocenters. The number of nitrogens with one attached hydrogen (secondary N) is 1. The summed E-state index contributed by atoms with van der Waals surface area (Å²) in [7, 11) is -3.71. The molecular formula is C12H17N5O3S. The van der Waals surface area contributed by atoms with Crippen LogP contribution in [-0.4, -0.2) is 36.6 Å². The van der Waals surface area contributed by atoms with Crippen molar-refractivity contribution in [3.05, 3.63) is 30.6 Å². The largest absolute Gasteiger partial charge is 0.492 e. The normalized spacial score (nSPS) is 11.5. The van der Waals surface area contributed by atoms with Crippen molar-refractivity contribution in [2.45, 2.75) is 18.4 Å². The van der Waals surface area contributed by atoms with Gasteiger partial charge in [-0.15, -0.1) is 5.10 Å². The third-order valence-corrected chi connectivity index (χ3v) is 4.14. The van der Waals surface area contributed by atoms with Crippen molar-refractivity contribution in [3.8, 4) is 5.75 Å². The number of nitrogens with zero attached hydrogens (tertiary/aromatic N) is 3. The van der Waals surface area contributed by atoms with E-state index >= 15 is 0 Å². The van der Waals surface area contributed by atoms with E-state index in [1.807, 2.05) is 0 Å². The molecule has 0 aliphatic heterocycles. The Bertz CT molecular complexity index is 685. The average molecular weight is 311 g/mol. The van der Waals surface area contributed by atoms with Gasteiger partial charge >= 0.3 is 0 Å². The smallest absolute Gasteiger partial charge is 0.244 e. The van der Waals surface area contributed by atoms with Gasteiger partial charge in [-0.3, -0.25) is 4.68 Å². The van der Waals surface area contributed by atoms with Gasteiger partial charge in [-0.25, -0.2) is 13.1 Å². The van der Waals surface area contributed by atoms with Gasteiger partial charge in [-0.2, -0.15) is 0 Å². The molecule has 0 atom stereocenters. The minimum Gasteiger partial charge on any atom is -0.492 e. The maximum absolute atomic E-state index is 12.3. The van der Waals surface area contributed by atoms with Gasteiger partial charge in [0.25, 0.3) is 0 Å². The molecule has 2 rings (SSSR count). The van der Waals surface area contributed by atoms with Crippen LogP contribution in [0, 0.1) is 0 Å². The molecular weight excluding hydrogens is 294 g/mol. The van der Waals surface area contributed by atoms with E-state index in [2.05, 4.69) is 15.0 Å². The summed E-state index contributed by atoms with van der Waals surface area (Å²) in [5.41, 5.74) is 6.01. The van der Waals surface area contributed by atoms with E-state index in [0.717, 1.165) is 0 Å². The SMILES string of the molecule is CCOc1ccc(N)cc1S(=O)(=O)NCCn1ccnn1. The number of rotatable bonds is 7. The van der Waals surface area contributed by atoms with Crippen LogP contribution in [0.5, 0.6) is 5.75 Å². The Morgan fingerprint density at radius 1 is 1.43 bits per heavy atom. The van der Waals surface area contributed by atoms with Crippen LogP contribution in [0.4, 0.5) is 5.69 Å². The zero-order valence-corrected chi connectivity index (χ0v) is 12.4. The van der Waals surface area contributed by atoms with Gasteiger partial charge in [-0.1, -0.05) is 5.21 Å². The topological polar surface area (TPSA) is 112 Å². The van der Waals surface area contributed by atoms with Crippen molar-refractivity contribution in [2.75, 3.05) is 18.9 Å². The predicted octanol–water partition coefficient (Wildman–Crippen LogP) is 0.237. The lowest BCUT2D eigenvalue weighted by Gasteiger charge is -2.12. The van der Waals surface area contributed by atoms with Crippen LogP contribution >= 0.6 is 0 Å². The summed E-state index contributed by atoms with van der Waals surface area (Å²) in [6, 6.07) is 4.52. The van der Waals surface area contributed by atoms with Crippen LogP contribution < -0.4 is 15.2 Å². The maximum atomic E-state index is 12.3. The summed E-state index contributed by atoms with van der Waals surface area (Å²) < 4.78 is 34.0. The molecule has 1 aromatic heterocycles. The van der Waals surface area contributed by atoms with E-state index in [0.29, 0.717) is 18.8 Å². The Labute approximate surface area is 123 Å². The molecule has 8 nitrogen and oxygen atoms in total. The Kier molecular flexibility index (Phi) is 4.76. The summed E-state index contributed by atoms with van der Waals surface area (Å²) >= 11 is 0. The van der Waals surface area contributed by atoms with Gasteiger partial charge < -0.3 is 10.5 Å². The zero-order chi connectivity index (χ0) is 15.3. The Morgan fingerprint density at radius 2 is 2.24 bits per heavy atom. The molecule has 3 N–H and O–H groups in total. The molecule has 1 heterocycles. The first kappa shape index (κ1) is 15.3. The number of benzene rings is 1. The van der Waals surface area contributed by atoms with Crippen molar-refractivity contribution in [1.29, 1.82) is 0 Å². The summed E-state index contributed by atoms with van der Waals surface area (Å²) in [5.74, 6) is 0.278. The molecule has 0 amide bonds. The second-order valence-electron chi connectivity index (χ2n) is 4.20. The van der Waals surface area contributed by atoms with Crippen molar-refractivity contribution in [1.82, 2.24) is 19.7 Å². The van der Waals surface area contributed by atoms with Gasteiger partial charge in [-0.05, 0) is 25.1 Å². The van der Waals surface area contributed by atoms with Crippen LogP contribution in [0.3, 0.4) is 0 Å². The molecule has 0 aliphatic carbocycles. The second-order valence-corrected chi connectivity index (χ2v) is 5.94. The molecule has 9 heteroatoms. The fourth-order valence-corrected chi connectivity index (χ4v) is 2.93. The average Bonchev–Trinajstić information content (AvgIpc) is 2.94. The summed E-state index contributed by atoms with van der Waals surface area (Å²) in [4.78, 5) is 0.0305. The number of sulfonamides is 1. The standard InChI is InChI=1S/C12H17N5O3S/c1-2-20-11-4-3-10(13)9-12(11)21(18,19)15-6-8-17-7-5-14-16-17/h3-5,7,9,15H,2,6,8,13H2,1H3. The lowest BCUT2D eigenvalue weighted by atomic mass is 10.3. The molecule has 0 saturated heterocycles. The Hall–Kier alpha value is -2.13. The number of ether oxygens (including phenoxy) is 1. The highest BCUT2D eigenvalue weighted by molar-refractivity contribution is 7.89. The first-order chi connectivity index (χ1) is 10.0. The molecule has 0 spiro atoms. The lowest BCUT2D eigenvalue weighted by Crippen LogP contribution is -2.28. The number of hydrogen-bond acceptors (Lipinski definition) is 6. The second kappa shape index (κ2) is 6.55. The van der Waals surface area contributed by atoms with Gasteiger partial charge in [0, 0.05) is 18.4 Å². The fourth-order valence-electron chi connectivity index (χ4n) is 1.73. The minimum atomic E-state index is -3.71. The highest BCUT2D eigenvalue weighted by Crippen LogP contribution is 2.26. The monoisotopic (exact) mass is 311 g/mol. The van der Waals surface area contributed by atoms with E-state index in [1.165, 1.54) is 16.9 Å². The Balaban J connectivity index is 2.12. The van der Waals surface area contributed by atoms with Crippen LogP contribution in [0.1, 0.15) is 6.92 Å². The molecule has 21 heavy (non-hydrogen) atoms. The summed E-state index contributed by atoms with van der Waals surface area (Å²) in [5, 5.41) is 7.40. The number of hydrogen-bond donors (Lipinski definition) is 2. The van der Waals surface area contributed by atoms with Gasteiger partial charge in [0.1, 0.15) is 10.6 Å². The summed E-state index contributed by atoms with van der Waals surface area (Å²) in [6.07, 6.45) is 3.18. The van der Waals surface area contributed by atoms with Gasteiger partial charge in [0.2, 0.25) is 10.0 Å². The number of nitrogens with two attached hydrogens (primary N) is 1. The molecule has 114 valence electrons. The van der Waals surface area contributed by atoms with Crippen LogP contribution in [0.2, 0.25) is 0 Å². The zero-order valence-electron chi connectivity index (χ0n) is 11.6. The van der Waals surface area contributed by atoms with Gasteiger partial charge in [0.15, 0.2) is 0 Å². The maximum Gasteiger partial charge on any atom is 0.244 e. The fraction of sp³-hybridized carbons (Fsp3) is 0.333. The number of anilines is 1. The van der Waals surface area contributed by atoms with E-state index in [9.17, 15) is 8.42 Å². The van der Waals surface area contributed by atoms with Crippen LogP contribution in [0.25, 0.3) is 0 Å². The third-order valence-electron chi connectivity index (χ3n) is 2.66. The van der Waals surface area contributed by atoms with Crippen LogP contribution in [-0.2, 0) is 16.6 Å². The Morgan fingerprint density at radius 3 is 2.90 bits per heavy atom. The molecule has 0 fully saturated rings. The molecule has 0 radical (unpaired) electrons.